The van der Waals surface area contributed by atoms with Gasteiger partial charge >= 0.3 is 0 Å². The number of aromatic nitrogens is 1. The first-order valence-electron chi connectivity index (χ1n) is 9.23. The van der Waals surface area contributed by atoms with E-state index in [0.717, 1.165) is 42.8 Å². The number of aliphatic imine (C=N–C) groups is 1. The quantitative estimate of drug-likeness (QED) is 0.325. The molecular formula is C20H32IN5S. The minimum atomic E-state index is 0. The molecule has 0 bridgehead atoms. The largest absolute Gasteiger partial charge is 0.352 e. The second-order valence-electron chi connectivity index (χ2n) is 6.26. The van der Waals surface area contributed by atoms with E-state index in [1.54, 1.807) is 18.4 Å². The summed E-state index contributed by atoms with van der Waals surface area (Å²) in [6.07, 6.45) is 0. The highest BCUT2D eigenvalue weighted by Crippen LogP contribution is 2.16. The summed E-state index contributed by atoms with van der Waals surface area (Å²) in [7, 11) is 1.80. The SMILES string of the molecule is CCN(CC)Cc1ccccc1CNC(=NC)NCc1nc(C)c(C)s1.I. The van der Waals surface area contributed by atoms with Gasteiger partial charge in [0.25, 0.3) is 0 Å². The molecule has 0 aliphatic carbocycles. The van der Waals surface area contributed by atoms with Crippen LogP contribution in [0.25, 0.3) is 0 Å². The zero-order valence-corrected chi connectivity index (χ0v) is 20.1. The molecule has 0 aliphatic rings. The van der Waals surface area contributed by atoms with Crippen molar-refractivity contribution in [2.45, 2.75) is 47.3 Å². The Kier molecular flexibility index (Phi) is 10.9. The predicted molar refractivity (Wildman–Crippen MR) is 127 cm³/mol. The third kappa shape index (κ3) is 7.38. The van der Waals surface area contributed by atoms with Crippen LogP contribution in [0.5, 0.6) is 0 Å². The van der Waals surface area contributed by atoms with Crippen LogP contribution in [0.15, 0.2) is 29.3 Å². The van der Waals surface area contributed by atoms with Crippen molar-refractivity contribution in [3.05, 3.63) is 51.0 Å². The van der Waals surface area contributed by atoms with Crippen molar-refractivity contribution in [3.63, 3.8) is 0 Å². The van der Waals surface area contributed by atoms with Gasteiger partial charge in [-0.1, -0.05) is 38.1 Å². The molecule has 0 amide bonds. The number of thiazole rings is 1. The average Bonchev–Trinajstić information content (AvgIpc) is 2.98. The Morgan fingerprint density at radius 1 is 1.07 bits per heavy atom. The van der Waals surface area contributed by atoms with Gasteiger partial charge in [0.1, 0.15) is 5.01 Å². The number of nitrogens with zero attached hydrogens (tertiary/aromatic N) is 3. The minimum Gasteiger partial charge on any atom is -0.352 e. The van der Waals surface area contributed by atoms with Gasteiger partial charge < -0.3 is 10.6 Å². The Bertz CT molecular complexity index is 705. The Hall–Kier alpha value is -1.19. The lowest BCUT2D eigenvalue weighted by atomic mass is 10.1. The fourth-order valence-electron chi connectivity index (χ4n) is 2.75. The van der Waals surface area contributed by atoms with Crippen LogP contribution >= 0.6 is 35.3 Å². The van der Waals surface area contributed by atoms with E-state index in [9.17, 15) is 0 Å². The lowest BCUT2D eigenvalue weighted by Gasteiger charge is -2.20. The van der Waals surface area contributed by atoms with Crippen molar-refractivity contribution in [3.8, 4) is 0 Å². The van der Waals surface area contributed by atoms with Gasteiger partial charge in [0.2, 0.25) is 0 Å². The van der Waals surface area contributed by atoms with Crippen molar-refractivity contribution in [2.75, 3.05) is 20.1 Å². The van der Waals surface area contributed by atoms with Gasteiger partial charge in [-0.05, 0) is 38.1 Å². The van der Waals surface area contributed by atoms with Crippen LogP contribution < -0.4 is 10.6 Å². The number of guanidine groups is 1. The van der Waals surface area contributed by atoms with E-state index in [0.29, 0.717) is 6.54 Å². The third-order valence-corrected chi connectivity index (χ3v) is 5.63. The molecule has 1 aromatic heterocycles. The number of aryl methyl sites for hydroxylation is 2. The van der Waals surface area contributed by atoms with Crippen LogP contribution in [0, 0.1) is 13.8 Å². The summed E-state index contributed by atoms with van der Waals surface area (Å²) in [5.74, 6) is 0.799. The van der Waals surface area contributed by atoms with Crippen LogP contribution in [0.1, 0.15) is 40.6 Å². The molecule has 0 spiro atoms. The molecule has 7 heteroatoms. The fourth-order valence-corrected chi connectivity index (χ4v) is 3.62. The minimum absolute atomic E-state index is 0. The highest BCUT2D eigenvalue weighted by molar-refractivity contribution is 14.0. The molecule has 0 saturated heterocycles. The summed E-state index contributed by atoms with van der Waals surface area (Å²) in [4.78, 5) is 12.6. The molecule has 0 saturated carbocycles. The fraction of sp³-hybridized carbons (Fsp3) is 0.500. The third-order valence-electron chi connectivity index (χ3n) is 4.56. The standard InChI is InChI=1S/C20H31N5S.HI/c1-6-25(7-2)14-18-11-9-8-10-17(18)12-22-20(21-5)23-13-19-24-15(3)16(4)26-19;/h8-11H,6-7,12-14H2,1-5H3,(H2,21,22,23);1H. The molecule has 0 aliphatic heterocycles. The second-order valence-corrected chi connectivity index (χ2v) is 7.55. The van der Waals surface area contributed by atoms with E-state index in [1.807, 2.05) is 0 Å². The number of rotatable bonds is 8. The maximum absolute atomic E-state index is 4.57. The van der Waals surface area contributed by atoms with Gasteiger partial charge in [-0.25, -0.2) is 4.98 Å². The molecule has 5 nitrogen and oxygen atoms in total. The lowest BCUT2D eigenvalue weighted by Crippen LogP contribution is -2.36. The summed E-state index contributed by atoms with van der Waals surface area (Å²) in [6.45, 7) is 13.1. The van der Waals surface area contributed by atoms with Gasteiger partial charge in [-0.15, -0.1) is 35.3 Å². The summed E-state index contributed by atoms with van der Waals surface area (Å²) >= 11 is 1.73. The van der Waals surface area contributed by atoms with Gasteiger partial charge in [0.15, 0.2) is 5.96 Å². The predicted octanol–water partition coefficient (Wildman–Crippen LogP) is 4.08. The lowest BCUT2D eigenvalue weighted by molar-refractivity contribution is 0.295. The van der Waals surface area contributed by atoms with Crippen molar-refractivity contribution in [1.29, 1.82) is 0 Å². The molecule has 0 radical (unpaired) electrons. The van der Waals surface area contributed by atoms with E-state index >= 15 is 0 Å². The summed E-state index contributed by atoms with van der Waals surface area (Å²) in [6, 6.07) is 8.61. The molecular weight excluding hydrogens is 469 g/mol. The smallest absolute Gasteiger partial charge is 0.191 e. The number of hydrogen-bond donors (Lipinski definition) is 2. The first kappa shape index (κ1) is 23.8. The van der Waals surface area contributed by atoms with E-state index in [2.05, 4.69) is 77.5 Å². The van der Waals surface area contributed by atoms with Crippen molar-refractivity contribution < 1.29 is 0 Å². The Labute approximate surface area is 184 Å². The van der Waals surface area contributed by atoms with Gasteiger partial charge in [-0.2, -0.15) is 0 Å². The van der Waals surface area contributed by atoms with Crippen LogP contribution in [0.4, 0.5) is 0 Å². The summed E-state index contributed by atoms with van der Waals surface area (Å²) < 4.78 is 0. The average molecular weight is 501 g/mol. The molecule has 1 aromatic carbocycles. The van der Waals surface area contributed by atoms with E-state index in [4.69, 9.17) is 0 Å². The Morgan fingerprint density at radius 2 is 1.70 bits per heavy atom. The molecule has 0 atom stereocenters. The van der Waals surface area contributed by atoms with Crippen molar-refractivity contribution >= 4 is 41.3 Å². The topological polar surface area (TPSA) is 52.5 Å². The number of halogens is 1. The van der Waals surface area contributed by atoms with Crippen LogP contribution in [-0.4, -0.2) is 36.0 Å². The Balaban J connectivity index is 0.00000364. The molecule has 150 valence electrons. The first-order chi connectivity index (χ1) is 12.6. The van der Waals surface area contributed by atoms with Crippen LogP contribution in [0.3, 0.4) is 0 Å². The number of nitrogens with one attached hydrogen (secondary N) is 2. The van der Waals surface area contributed by atoms with Crippen LogP contribution in [0.2, 0.25) is 0 Å². The molecule has 2 N–H and O–H groups in total. The molecule has 2 aromatic rings. The highest BCUT2D eigenvalue weighted by Gasteiger charge is 2.08. The van der Waals surface area contributed by atoms with Gasteiger partial charge in [0.05, 0.1) is 12.2 Å². The van der Waals surface area contributed by atoms with Gasteiger partial charge in [-0.3, -0.25) is 9.89 Å². The Morgan fingerprint density at radius 3 is 2.26 bits per heavy atom. The van der Waals surface area contributed by atoms with Crippen molar-refractivity contribution in [1.82, 2.24) is 20.5 Å². The normalized spacial score (nSPS) is 11.4. The maximum atomic E-state index is 4.57. The number of benzene rings is 1. The molecule has 0 fully saturated rings. The summed E-state index contributed by atoms with van der Waals surface area (Å²) in [5, 5.41) is 7.87. The van der Waals surface area contributed by atoms with E-state index in [-0.39, 0.29) is 24.0 Å². The zero-order chi connectivity index (χ0) is 18.9. The monoisotopic (exact) mass is 501 g/mol. The summed E-state index contributed by atoms with van der Waals surface area (Å²) in [5.41, 5.74) is 3.79. The maximum Gasteiger partial charge on any atom is 0.191 e. The van der Waals surface area contributed by atoms with E-state index in [1.165, 1.54) is 16.0 Å². The second kappa shape index (κ2) is 12.3. The molecule has 2 rings (SSSR count). The van der Waals surface area contributed by atoms with E-state index < -0.39 is 0 Å². The van der Waals surface area contributed by atoms with Crippen molar-refractivity contribution in [2.24, 2.45) is 4.99 Å². The van der Waals surface area contributed by atoms with Crippen LogP contribution in [-0.2, 0) is 19.6 Å². The molecule has 27 heavy (non-hydrogen) atoms. The zero-order valence-electron chi connectivity index (χ0n) is 17.0. The molecule has 0 unspecified atom stereocenters. The molecule has 1 heterocycles. The first-order valence-corrected chi connectivity index (χ1v) is 10.1. The van der Waals surface area contributed by atoms with Gasteiger partial charge in [0, 0.05) is 25.0 Å². The number of hydrogen-bond acceptors (Lipinski definition) is 4. The highest BCUT2D eigenvalue weighted by atomic mass is 127.